The number of H-pyrrole nitrogens is 1. The average molecular weight is 344 g/mol. The maximum absolute atomic E-state index is 5.39. The van der Waals surface area contributed by atoms with Gasteiger partial charge in [-0.3, -0.25) is 5.10 Å². The van der Waals surface area contributed by atoms with Crippen LogP contribution in [0.5, 0.6) is 11.5 Å². The molecule has 104 valence electrons. The van der Waals surface area contributed by atoms with Crippen molar-refractivity contribution in [3.8, 4) is 34.1 Å². The summed E-state index contributed by atoms with van der Waals surface area (Å²) in [6.45, 7) is 0.270. The van der Waals surface area contributed by atoms with Crippen LogP contribution < -0.4 is 9.47 Å². The number of benzene rings is 1. The highest BCUT2D eigenvalue weighted by molar-refractivity contribution is 9.10. The van der Waals surface area contributed by atoms with Crippen LogP contribution in [0.2, 0.25) is 0 Å². The fourth-order valence-electron chi connectivity index (χ4n) is 2.21. The number of nitrogens with zero attached hydrogens (tertiary/aromatic N) is 2. The molecule has 0 spiro atoms. The quantitative estimate of drug-likeness (QED) is 0.721. The summed E-state index contributed by atoms with van der Waals surface area (Å²) in [7, 11) is 0. The van der Waals surface area contributed by atoms with E-state index in [0.717, 1.165) is 38.7 Å². The summed E-state index contributed by atoms with van der Waals surface area (Å²) in [6, 6.07) is 13.5. The van der Waals surface area contributed by atoms with Crippen LogP contribution in [0.4, 0.5) is 0 Å². The zero-order chi connectivity index (χ0) is 14.2. The van der Waals surface area contributed by atoms with E-state index in [0.29, 0.717) is 0 Å². The minimum atomic E-state index is 0.270. The fraction of sp³-hybridized carbons (Fsp3) is 0.0667. The highest BCUT2D eigenvalue weighted by Gasteiger charge is 2.15. The molecule has 4 rings (SSSR count). The molecule has 0 saturated carbocycles. The molecular formula is C15H10BrN3O2. The summed E-state index contributed by atoms with van der Waals surface area (Å²) in [6.07, 6.45) is 0. The van der Waals surface area contributed by atoms with Gasteiger partial charge in [-0.15, -0.1) is 0 Å². The summed E-state index contributed by atoms with van der Waals surface area (Å²) in [5, 5.41) is 7.35. The summed E-state index contributed by atoms with van der Waals surface area (Å²) in [5.41, 5.74) is 3.51. The monoisotopic (exact) mass is 343 g/mol. The number of halogens is 1. The van der Waals surface area contributed by atoms with Crippen LogP contribution in [0.25, 0.3) is 22.6 Å². The molecule has 0 atom stereocenters. The van der Waals surface area contributed by atoms with Crippen LogP contribution in [0.3, 0.4) is 0 Å². The van der Waals surface area contributed by atoms with E-state index >= 15 is 0 Å². The number of hydrogen-bond donors (Lipinski definition) is 1. The predicted molar refractivity (Wildman–Crippen MR) is 81.1 cm³/mol. The molecule has 1 aromatic carbocycles. The Labute approximate surface area is 129 Å². The highest BCUT2D eigenvalue weighted by Crippen LogP contribution is 2.35. The molecule has 1 aliphatic heterocycles. The van der Waals surface area contributed by atoms with Crippen molar-refractivity contribution < 1.29 is 9.47 Å². The Morgan fingerprint density at radius 2 is 1.90 bits per heavy atom. The van der Waals surface area contributed by atoms with E-state index in [-0.39, 0.29) is 6.79 Å². The molecule has 0 fully saturated rings. The van der Waals surface area contributed by atoms with Crippen LogP contribution in [-0.4, -0.2) is 22.0 Å². The standard InChI is InChI=1S/C15H10BrN3O2/c16-15-3-1-2-10(17-15)12-7-11(18-19-12)9-4-5-13-14(6-9)21-8-20-13/h1-7H,8H2,(H,18,19). The maximum Gasteiger partial charge on any atom is 0.231 e. The third-order valence-electron chi connectivity index (χ3n) is 3.24. The van der Waals surface area contributed by atoms with E-state index in [1.807, 2.05) is 42.5 Å². The Morgan fingerprint density at radius 1 is 1.00 bits per heavy atom. The van der Waals surface area contributed by atoms with Crippen molar-refractivity contribution in [2.24, 2.45) is 0 Å². The molecule has 21 heavy (non-hydrogen) atoms. The Balaban J connectivity index is 1.71. The molecule has 6 heteroatoms. The van der Waals surface area contributed by atoms with Crippen LogP contribution in [0.1, 0.15) is 0 Å². The summed E-state index contributed by atoms with van der Waals surface area (Å²) < 4.78 is 11.5. The second-order valence-corrected chi connectivity index (χ2v) is 5.39. The van der Waals surface area contributed by atoms with Gasteiger partial charge in [-0.2, -0.15) is 5.10 Å². The zero-order valence-corrected chi connectivity index (χ0v) is 12.4. The Kier molecular flexibility index (Phi) is 2.89. The molecule has 2 aromatic heterocycles. The second-order valence-electron chi connectivity index (χ2n) is 4.58. The smallest absolute Gasteiger partial charge is 0.231 e. The van der Waals surface area contributed by atoms with E-state index < -0.39 is 0 Å². The molecule has 0 aliphatic carbocycles. The van der Waals surface area contributed by atoms with Gasteiger partial charge in [-0.25, -0.2) is 4.98 Å². The van der Waals surface area contributed by atoms with Crippen LogP contribution >= 0.6 is 15.9 Å². The molecule has 0 bridgehead atoms. The Bertz CT molecular complexity index is 816. The number of aromatic nitrogens is 3. The zero-order valence-electron chi connectivity index (χ0n) is 10.8. The lowest BCUT2D eigenvalue weighted by Crippen LogP contribution is -1.92. The number of pyridine rings is 1. The highest BCUT2D eigenvalue weighted by atomic mass is 79.9. The lowest BCUT2D eigenvalue weighted by Gasteiger charge is -1.99. The second kappa shape index (κ2) is 4.89. The number of fused-ring (bicyclic) bond motifs is 1. The number of hydrogen-bond acceptors (Lipinski definition) is 4. The molecular weight excluding hydrogens is 334 g/mol. The van der Waals surface area contributed by atoms with Gasteiger partial charge in [0.1, 0.15) is 4.60 Å². The predicted octanol–water partition coefficient (Wildman–Crippen LogP) is 3.63. The van der Waals surface area contributed by atoms with Crippen molar-refractivity contribution >= 4 is 15.9 Å². The number of rotatable bonds is 2. The summed E-state index contributed by atoms with van der Waals surface area (Å²) in [4.78, 5) is 4.41. The van der Waals surface area contributed by atoms with Crippen molar-refractivity contribution in [3.05, 3.63) is 47.1 Å². The van der Waals surface area contributed by atoms with Crippen LogP contribution in [0.15, 0.2) is 47.1 Å². The average Bonchev–Trinajstić information content (AvgIpc) is 3.15. The fourth-order valence-corrected chi connectivity index (χ4v) is 2.56. The van der Waals surface area contributed by atoms with Gasteiger partial charge in [-0.05, 0) is 52.3 Å². The number of ether oxygens (including phenoxy) is 2. The van der Waals surface area contributed by atoms with E-state index in [1.165, 1.54) is 0 Å². The first-order valence-electron chi connectivity index (χ1n) is 6.38. The lowest BCUT2D eigenvalue weighted by atomic mass is 10.1. The van der Waals surface area contributed by atoms with E-state index in [2.05, 4.69) is 31.1 Å². The maximum atomic E-state index is 5.39. The Hall–Kier alpha value is -2.34. The molecule has 0 saturated heterocycles. The van der Waals surface area contributed by atoms with Gasteiger partial charge >= 0.3 is 0 Å². The molecule has 1 N–H and O–H groups in total. The first kappa shape index (κ1) is 12.4. The number of nitrogens with one attached hydrogen (secondary N) is 1. The van der Waals surface area contributed by atoms with Gasteiger partial charge in [0.15, 0.2) is 11.5 Å². The summed E-state index contributed by atoms with van der Waals surface area (Å²) >= 11 is 3.37. The molecule has 5 nitrogen and oxygen atoms in total. The van der Waals surface area contributed by atoms with Crippen molar-refractivity contribution in [1.82, 2.24) is 15.2 Å². The van der Waals surface area contributed by atoms with Gasteiger partial charge in [0.25, 0.3) is 0 Å². The van der Waals surface area contributed by atoms with Gasteiger partial charge in [-0.1, -0.05) is 6.07 Å². The largest absolute Gasteiger partial charge is 0.454 e. The van der Waals surface area contributed by atoms with Crippen molar-refractivity contribution in [2.45, 2.75) is 0 Å². The molecule has 3 aromatic rings. The van der Waals surface area contributed by atoms with Crippen molar-refractivity contribution in [2.75, 3.05) is 6.79 Å². The topological polar surface area (TPSA) is 60.0 Å². The summed E-state index contributed by atoms with van der Waals surface area (Å²) in [5.74, 6) is 1.51. The minimum Gasteiger partial charge on any atom is -0.454 e. The van der Waals surface area contributed by atoms with Gasteiger partial charge in [0.2, 0.25) is 6.79 Å². The SMILES string of the molecule is Brc1cccc(-c2cc(-c3ccc4c(c3)OCO4)n[nH]2)n1. The minimum absolute atomic E-state index is 0.270. The molecule has 0 amide bonds. The van der Waals surface area contributed by atoms with Crippen LogP contribution in [0, 0.1) is 0 Å². The molecule has 0 unspecified atom stereocenters. The van der Waals surface area contributed by atoms with Gasteiger partial charge in [0.05, 0.1) is 17.1 Å². The Morgan fingerprint density at radius 3 is 2.81 bits per heavy atom. The first-order valence-corrected chi connectivity index (χ1v) is 7.17. The molecule has 0 radical (unpaired) electrons. The third kappa shape index (κ3) is 2.27. The normalized spacial score (nSPS) is 12.6. The van der Waals surface area contributed by atoms with Gasteiger partial charge < -0.3 is 9.47 Å². The molecule has 1 aliphatic rings. The molecule has 3 heterocycles. The van der Waals surface area contributed by atoms with Crippen molar-refractivity contribution in [1.29, 1.82) is 0 Å². The lowest BCUT2D eigenvalue weighted by molar-refractivity contribution is 0.174. The van der Waals surface area contributed by atoms with E-state index in [4.69, 9.17) is 9.47 Å². The number of aromatic amines is 1. The van der Waals surface area contributed by atoms with Crippen molar-refractivity contribution in [3.63, 3.8) is 0 Å². The first-order chi connectivity index (χ1) is 10.3. The third-order valence-corrected chi connectivity index (χ3v) is 3.68. The van der Waals surface area contributed by atoms with E-state index in [9.17, 15) is 0 Å². The van der Waals surface area contributed by atoms with E-state index in [1.54, 1.807) is 0 Å². The van der Waals surface area contributed by atoms with Gasteiger partial charge in [0, 0.05) is 5.56 Å². The van der Waals surface area contributed by atoms with Crippen LogP contribution in [-0.2, 0) is 0 Å².